The molecule has 12 heteroatoms. The first-order valence-corrected chi connectivity index (χ1v) is 15.7. The zero-order valence-corrected chi connectivity index (χ0v) is 25.0. The van der Waals surface area contributed by atoms with Crippen LogP contribution in [0.1, 0.15) is 44.2 Å². The van der Waals surface area contributed by atoms with E-state index >= 15 is 0 Å². The maximum Gasteiger partial charge on any atom is 0.308 e. The summed E-state index contributed by atoms with van der Waals surface area (Å²) in [6.45, 7) is 3.94. The van der Waals surface area contributed by atoms with Crippen molar-refractivity contribution in [1.82, 2.24) is 30.3 Å². The van der Waals surface area contributed by atoms with Crippen LogP contribution in [0.15, 0.2) is 24.4 Å². The third-order valence-corrected chi connectivity index (χ3v) is 9.96. The van der Waals surface area contributed by atoms with E-state index in [-0.39, 0.29) is 53.9 Å². The van der Waals surface area contributed by atoms with Crippen LogP contribution < -0.4 is 10.6 Å². The fourth-order valence-corrected chi connectivity index (χ4v) is 7.43. The van der Waals surface area contributed by atoms with E-state index in [0.29, 0.717) is 45.1 Å². The van der Waals surface area contributed by atoms with Crippen LogP contribution in [0.25, 0.3) is 0 Å². The monoisotopic (exact) mass is 602 g/mol. The first-order valence-electron chi connectivity index (χ1n) is 15.3. The van der Waals surface area contributed by atoms with E-state index in [1.807, 2.05) is 18.2 Å². The van der Waals surface area contributed by atoms with E-state index in [0.717, 1.165) is 31.9 Å². The molecule has 230 valence electrons. The number of rotatable bonds is 8. The second kappa shape index (κ2) is 13.7. The lowest BCUT2D eigenvalue weighted by atomic mass is 9.77. The van der Waals surface area contributed by atoms with Crippen LogP contribution in [0.5, 0.6) is 0 Å². The number of amides is 3. The number of carbonyl (C=O) groups is 4. The molecule has 2 aliphatic carbocycles. The zero-order chi connectivity index (χ0) is 29.8. The fraction of sp³-hybridized carbons (Fsp3) is 0.700. The van der Waals surface area contributed by atoms with E-state index in [2.05, 4.69) is 32.5 Å². The van der Waals surface area contributed by atoms with Crippen LogP contribution in [0.4, 0.5) is 0 Å². The van der Waals surface area contributed by atoms with Gasteiger partial charge in [0.05, 0.1) is 18.4 Å². The number of pyridine rings is 1. The van der Waals surface area contributed by atoms with E-state index in [1.54, 1.807) is 11.1 Å². The maximum absolute atomic E-state index is 14.1. The molecule has 1 aromatic rings. The van der Waals surface area contributed by atoms with Crippen LogP contribution in [-0.4, -0.2) is 118 Å². The minimum absolute atomic E-state index is 0.0566. The Morgan fingerprint density at radius 2 is 1.88 bits per heavy atom. The molecule has 2 saturated carbocycles. The Bertz CT molecular complexity index is 1130. The number of aromatic nitrogens is 1. The summed E-state index contributed by atoms with van der Waals surface area (Å²) >= 11 is 6.43. The van der Waals surface area contributed by atoms with Crippen LogP contribution >= 0.6 is 11.6 Å². The molecule has 42 heavy (non-hydrogen) atoms. The molecule has 5 rings (SSSR count). The minimum atomic E-state index is -0.919. The predicted molar refractivity (Wildman–Crippen MR) is 157 cm³/mol. The second-order valence-corrected chi connectivity index (χ2v) is 13.2. The Kier molecular flexibility index (Phi) is 10.0. The molecular weight excluding hydrogens is 560 g/mol. The quantitative estimate of drug-likeness (QED) is 0.375. The standard InChI is InChI=1S/C30H43ClN6O5/c1-35-10-12-36(13-11-35)18-27(38)33-24-14-19(5-7-23(24)30(41)42)17-37-26(16-21-4-2-3-9-32-21)28(39)34-25-15-20(31)6-8-22(25)29(37)40/h2-4,9,19-20,22-26H,5-8,10-18H2,1H3,(H,33,38)(H,34,39)(H,41,42)/t19?,20?,22?,23?,24?,25?,26-/m1/s1. The molecule has 6 unspecified atom stereocenters. The molecule has 3 N–H and O–H groups in total. The summed E-state index contributed by atoms with van der Waals surface area (Å²) in [4.78, 5) is 63.3. The molecule has 0 radical (unpaired) electrons. The van der Waals surface area contributed by atoms with Crippen LogP contribution in [0.3, 0.4) is 0 Å². The molecule has 3 heterocycles. The number of hydrogen-bond acceptors (Lipinski definition) is 7. The number of nitrogens with one attached hydrogen (secondary N) is 2. The van der Waals surface area contributed by atoms with Gasteiger partial charge in [-0.25, -0.2) is 0 Å². The minimum Gasteiger partial charge on any atom is -0.481 e. The van der Waals surface area contributed by atoms with Crippen molar-refractivity contribution in [3.05, 3.63) is 30.1 Å². The van der Waals surface area contributed by atoms with Crippen molar-refractivity contribution in [1.29, 1.82) is 0 Å². The Labute approximate surface area is 252 Å². The summed E-state index contributed by atoms with van der Waals surface area (Å²) in [5.41, 5.74) is 0.721. The fourth-order valence-electron chi connectivity index (χ4n) is 7.12. The van der Waals surface area contributed by atoms with Crippen molar-refractivity contribution in [2.45, 2.75) is 68.4 Å². The second-order valence-electron chi connectivity index (χ2n) is 12.5. The van der Waals surface area contributed by atoms with Gasteiger partial charge < -0.3 is 25.5 Å². The molecule has 4 aliphatic rings. The number of piperazine rings is 1. The van der Waals surface area contributed by atoms with Crippen molar-refractivity contribution in [3.8, 4) is 0 Å². The molecule has 1 aromatic heterocycles. The highest BCUT2D eigenvalue weighted by atomic mass is 35.5. The smallest absolute Gasteiger partial charge is 0.308 e. The number of carboxylic acid groups (broad SMARTS) is 1. The van der Waals surface area contributed by atoms with Gasteiger partial charge in [0.15, 0.2) is 0 Å². The number of carbonyl (C=O) groups excluding carboxylic acids is 3. The molecule has 11 nitrogen and oxygen atoms in total. The summed E-state index contributed by atoms with van der Waals surface area (Å²) in [7, 11) is 2.06. The Hall–Kier alpha value is -2.76. The zero-order valence-electron chi connectivity index (χ0n) is 24.3. The molecular formula is C30H43ClN6O5. The van der Waals surface area contributed by atoms with E-state index in [1.165, 1.54) is 0 Å². The normalized spacial score (nSPS) is 32.9. The van der Waals surface area contributed by atoms with Crippen molar-refractivity contribution in [2.24, 2.45) is 17.8 Å². The lowest BCUT2D eigenvalue weighted by Gasteiger charge is -2.39. The van der Waals surface area contributed by atoms with Gasteiger partial charge in [0.25, 0.3) is 0 Å². The van der Waals surface area contributed by atoms with Crippen molar-refractivity contribution < 1.29 is 24.3 Å². The Morgan fingerprint density at radius 3 is 2.60 bits per heavy atom. The molecule has 0 bridgehead atoms. The SMILES string of the molecule is CN1CCN(CC(=O)NC2CC(CN3C(=O)C4CCC(Cl)CC4NC(=O)[C@H]3Cc3ccccn3)CCC2C(=O)O)CC1. The molecule has 2 saturated heterocycles. The third-order valence-electron chi connectivity index (χ3n) is 9.56. The molecule has 3 amide bonds. The van der Waals surface area contributed by atoms with Gasteiger partial charge in [-0.2, -0.15) is 0 Å². The number of alkyl halides is 1. The number of carboxylic acids is 1. The van der Waals surface area contributed by atoms with Gasteiger partial charge in [0.1, 0.15) is 6.04 Å². The number of hydrogen-bond donors (Lipinski definition) is 3. The summed E-state index contributed by atoms with van der Waals surface area (Å²) in [6.07, 6.45) is 5.29. The van der Waals surface area contributed by atoms with Crippen LogP contribution in [0, 0.1) is 17.8 Å². The topological polar surface area (TPSA) is 135 Å². The van der Waals surface area contributed by atoms with Crippen LogP contribution in [-0.2, 0) is 25.6 Å². The molecule has 7 atom stereocenters. The molecule has 0 spiro atoms. The van der Waals surface area contributed by atoms with Gasteiger partial charge in [-0.05, 0) is 63.6 Å². The summed E-state index contributed by atoms with van der Waals surface area (Å²) in [6, 6.07) is 3.96. The van der Waals surface area contributed by atoms with Crippen LogP contribution in [0.2, 0.25) is 0 Å². The summed E-state index contributed by atoms with van der Waals surface area (Å²) < 4.78 is 0. The Morgan fingerprint density at radius 1 is 1.10 bits per heavy atom. The van der Waals surface area contributed by atoms with Gasteiger partial charge in [0, 0.05) is 68.5 Å². The van der Waals surface area contributed by atoms with E-state index < -0.39 is 24.0 Å². The average Bonchev–Trinajstić information content (AvgIpc) is 3.04. The largest absolute Gasteiger partial charge is 0.481 e. The highest BCUT2D eigenvalue weighted by molar-refractivity contribution is 6.20. The molecule has 2 aliphatic heterocycles. The lowest BCUT2D eigenvalue weighted by molar-refractivity contribution is -0.146. The number of likely N-dealkylation sites (N-methyl/N-ethyl adjacent to an activating group) is 1. The van der Waals surface area contributed by atoms with Crippen molar-refractivity contribution in [2.75, 3.05) is 46.3 Å². The number of nitrogens with zero attached hydrogens (tertiary/aromatic N) is 4. The first-order chi connectivity index (χ1) is 20.2. The third kappa shape index (κ3) is 7.41. The van der Waals surface area contributed by atoms with E-state index in [9.17, 15) is 24.3 Å². The lowest BCUT2D eigenvalue weighted by Crippen LogP contribution is -2.54. The van der Waals surface area contributed by atoms with Gasteiger partial charge >= 0.3 is 5.97 Å². The summed E-state index contributed by atoms with van der Waals surface area (Å²) in [5, 5.41) is 16.0. The van der Waals surface area contributed by atoms with Gasteiger partial charge in [-0.3, -0.25) is 29.1 Å². The van der Waals surface area contributed by atoms with E-state index in [4.69, 9.17) is 11.6 Å². The van der Waals surface area contributed by atoms with Gasteiger partial charge in [-0.15, -0.1) is 11.6 Å². The van der Waals surface area contributed by atoms with Crippen molar-refractivity contribution in [3.63, 3.8) is 0 Å². The first kappa shape index (κ1) is 30.7. The highest BCUT2D eigenvalue weighted by Gasteiger charge is 2.46. The number of halogens is 1. The van der Waals surface area contributed by atoms with Crippen molar-refractivity contribution >= 4 is 35.3 Å². The van der Waals surface area contributed by atoms with Gasteiger partial charge in [0.2, 0.25) is 17.7 Å². The molecule has 0 aromatic carbocycles. The molecule has 4 fully saturated rings. The Balaban J connectivity index is 1.31. The number of fused-ring (bicyclic) bond motifs is 1. The summed E-state index contributed by atoms with van der Waals surface area (Å²) in [5.74, 6) is -2.44. The average molecular weight is 603 g/mol. The van der Waals surface area contributed by atoms with Gasteiger partial charge in [-0.1, -0.05) is 6.07 Å². The maximum atomic E-state index is 14.1. The predicted octanol–water partition coefficient (Wildman–Crippen LogP) is 0.960. The number of aliphatic carboxylic acids is 1. The highest BCUT2D eigenvalue weighted by Crippen LogP contribution is 2.35.